The summed E-state index contributed by atoms with van der Waals surface area (Å²) in [4.78, 5) is 27.8. The standard InChI is InChI=1S/C12H16FNO.C7H8FN.CO2/c1-4-8(2)12(15)14-11-7-10(13)6-5-9(11)3;1-5-2-3-6(8)4-7(5)9;2-1-3/h5-8H,4H2,1-3H3,(H,14,15);2-4H,9H2,1H3;. The molecular weight excluding hydrogens is 354 g/mol. The number of benzene rings is 2. The molecule has 0 heterocycles. The zero-order valence-electron chi connectivity index (χ0n) is 15.8. The summed E-state index contributed by atoms with van der Waals surface area (Å²) >= 11 is 0. The van der Waals surface area contributed by atoms with Gasteiger partial charge in [-0.25, -0.2) is 8.78 Å². The molecule has 7 heteroatoms. The summed E-state index contributed by atoms with van der Waals surface area (Å²) < 4.78 is 25.2. The fourth-order valence-corrected chi connectivity index (χ4v) is 1.78. The van der Waals surface area contributed by atoms with Gasteiger partial charge < -0.3 is 11.1 Å². The van der Waals surface area contributed by atoms with Crippen LogP contribution in [0.3, 0.4) is 0 Å². The van der Waals surface area contributed by atoms with E-state index in [1.807, 2.05) is 27.7 Å². The average molecular weight is 378 g/mol. The van der Waals surface area contributed by atoms with E-state index in [9.17, 15) is 13.6 Å². The molecule has 0 aliphatic heterocycles. The maximum Gasteiger partial charge on any atom is 0.373 e. The second-order valence-electron chi connectivity index (χ2n) is 5.84. The molecule has 27 heavy (non-hydrogen) atoms. The van der Waals surface area contributed by atoms with Crippen LogP contribution in [0.25, 0.3) is 0 Å². The van der Waals surface area contributed by atoms with Crippen LogP contribution in [-0.4, -0.2) is 12.1 Å². The van der Waals surface area contributed by atoms with Crippen molar-refractivity contribution in [3.63, 3.8) is 0 Å². The highest BCUT2D eigenvalue weighted by Crippen LogP contribution is 2.17. The number of aryl methyl sites for hydroxylation is 2. The van der Waals surface area contributed by atoms with Gasteiger partial charge in [-0.3, -0.25) is 4.79 Å². The lowest BCUT2D eigenvalue weighted by atomic mass is 10.1. The molecule has 0 aliphatic rings. The highest BCUT2D eigenvalue weighted by atomic mass is 19.1. The number of halogens is 2. The first kappa shape index (κ1) is 23.9. The van der Waals surface area contributed by atoms with Crippen LogP contribution in [0.4, 0.5) is 20.2 Å². The van der Waals surface area contributed by atoms with Crippen molar-refractivity contribution in [2.45, 2.75) is 34.1 Å². The predicted molar refractivity (Wildman–Crippen MR) is 99.8 cm³/mol. The summed E-state index contributed by atoms with van der Waals surface area (Å²) in [6, 6.07) is 8.75. The summed E-state index contributed by atoms with van der Waals surface area (Å²) in [5.74, 6) is -0.725. The second kappa shape index (κ2) is 12.3. The van der Waals surface area contributed by atoms with Crippen molar-refractivity contribution >= 4 is 23.4 Å². The summed E-state index contributed by atoms with van der Waals surface area (Å²) in [6.07, 6.45) is 1.03. The first-order valence-corrected chi connectivity index (χ1v) is 8.24. The van der Waals surface area contributed by atoms with Gasteiger partial charge in [0.2, 0.25) is 5.91 Å². The fourth-order valence-electron chi connectivity index (χ4n) is 1.78. The molecule has 2 aromatic rings. The predicted octanol–water partition coefficient (Wildman–Crippen LogP) is 4.25. The van der Waals surface area contributed by atoms with Gasteiger partial charge in [0.05, 0.1) is 0 Å². The first-order chi connectivity index (χ1) is 12.7. The highest BCUT2D eigenvalue weighted by molar-refractivity contribution is 5.92. The van der Waals surface area contributed by atoms with Gasteiger partial charge in [-0.1, -0.05) is 26.0 Å². The Bertz CT molecular complexity index is 789. The van der Waals surface area contributed by atoms with E-state index < -0.39 is 0 Å². The molecule has 0 radical (unpaired) electrons. The van der Waals surface area contributed by atoms with E-state index in [1.54, 1.807) is 12.1 Å². The SMILES string of the molecule is CCC(C)C(=O)Nc1cc(F)ccc1C.Cc1ccc(F)cc1N.O=C=O. The van der Waals surface area contributed by atoms with Gasteiger partial charge in [0.25, 0.3) is 0 Å². The molecule has 5 nitrogen and oxygen atoms in total. The normalized spacial score (nSPS) is 10.3. The smallest absolute Gasteiger partial charge is 0.373 e. The zero-order valence-corrected chi connectivity index (χ0v) is 15.8. The number of carbonyl (C=O) groups is 1. The summed E-state index contributed by atoms with van der Waals surface area (Å²) in [5, 5.41) is 2.72. The van der Waals surface area contributed by atoms with Gasteiger partial charge in [0.15, 0.2) is 0 Å². The Morgan fingerprint density at radius 1 is 1.07 bits per heavy atom. The van der Waals surface area contributed by atoms with E-state index in [4.69, 9.17) is 15.3 Å². The van der Waals surface area contributed by atoms with E-state index in [1.165, 1.54) is 24.3 Å². The average Bonchev–Trinajstić information content (AvgIpc) is 2.62. The third kappa shape index (κ3) is 9.28. The lowest BCUT2D eigenvalue weighted by Crippen LogP contribution is -2.20. The van der Waals surface area contributed by atoms with Crippen molar-refractivity contribution in [2.24, 2.45) is 5.92 Å². The van der Waals surface area contributed by atoms with Gasteiger partial charge in [-0.15, -0.1) is 0 Å². The van der Waals surface area contributed by atoms with Crippen LogP contribution < -0.4 is 11.1 Å². The summed E-state index contributed by atoms with van der Waals surface area (Å²) in [7, 11) is 0. The summed E-state index contributed by atoms with van der Waals surface area (Å²) in [6.45, 7) is 7.48. The molecule has 146 valence electrons. The van der Waals surface area contributed by atoms with Crippen molar-refractivity contribution in [1.29, 1.82) is 0 Å². The van der Waals surface area contributed by atoms with Crippen LogP contribution in [0.2, 0.25) is 0 Å². The Balaban J connectivity index is 0.000000477. The summed E-state index contributed by atoms with van der Waals surface area (Å²) in [5.41, 5.74) is 8.23. The zero-order chi connectivity index (χ0) is 21.0. The number of carbonyl (C=O) groups excluding carboxylic acids is 3. The lowest BCUT2D eigenvalue weighted by molar-refractivity contribution is -0.191. The molecule has 2 rings (SSSR count). The minimum atomic E-state index is -0.333. The van der Waals surface area contributed by atoms with Crippen LogP contribution in [0, 0.1) is 31.4 Å². The lowest BCUT2D eigenvalue weighted by Gasteiger charge is -2.11. The van der Waals surface area contributed by atoms with Crippen LogP contribution in [0.5, 0.6) is 0 Å². The number of nitrogen functional groups attached to an aromatic ring is 1. The molecule has 0 spiro atoms. The van der Waals surface area contributed by atoms with E-state index in [2.05, 4.69) is 5.32 Å². The quantitative estimate of drug-likeness (QED) is 0.782. The monoisotopic (exact) mass is 378 g/mol. The molecule has 1 amide bonds. The molecule has 1 atom stereocenters. The fraction of sp³-hybridized carbons (Fsp3) is 0.300. The van der Waals surface area contributed by atoms with Crippen molar-refractivity contribution < 1.29 is 23.2 Å². The Labute approximate surface area is 157 Å². The molecule has 1 unspecified atom stereocenters. The van der Waals surface area contributed by atoms with Crippen molar-refractivity contribution in [1.82, 2.24) is 0 Å². The molecule has 0 aromatic heterocycles. The molecule has 0 saturated carbocycles. The van der Waals surface area contributed by atoms with Gasteiger partial charge in [0, 0.05) is 17.3 Å². The highest BCUT2D eigenvalue weighted by Gasteiger charge is 2.11. The molecule has 0 bridgehead atoms. The third-order valence-corrected chi connectivity index (χ3v) is 3.76. The second-order valence-corrected chi connectivity index (χ2v) is 5.84. The molecule has 2 aromatic carbocycles. The maximum absolute atomic E-state index is 12.9. The minimum absolute atomic E-state index is 0.0485. The van der Waals surface area contributed by atoms with Crippen LogP contribution in [0.1, 0.15) is 31.4 Å². The number of nitrogens with one attached hydrogen (secondary N) is 1. The Kier molecular flexibility index (Phi) is 10.9. The molecule has 0 saturated heterocycles. The number of hydrogen-bond donors (Lipinski definition) is 2. The maximum atomic E-state index is 12.9. The number of rotatable bonds is 3. The molecule has 0 aliphatic carbocycles. The van der Waals surface area contributed by atoms with E-state index >= 15 is 0 Å². The topological polar surface area (TPSA) is 89.3 Å². The molecule has 0 fully saturated rings. The number of hydrogen-bond acceptors (Lipinski definition) is 4. The number of amides is 1. The van der Waals surface area contributed by atoms with Gasteiger partial charge in [0.1, 0.15) is 11.6 Å². The van der Waals surface area contributed by atoms with Gasteiger partial charge >= 0.3 is 6.15 Å². The van der Waals surface area contributed by atoms with Crippen LogP contribution in [-0.2, 0) is 14.4 Å². The third-order valence-electron chi connectivity index (χ3n) is 3.76. The Morgan fingerprint density at radius 3 is 2.00 bits per heavy atom. The van der Waals surface area contributed by atoms with E-state index in [0.717, 1.165) is 17.5 Å². The van der Waals surface area contributed by atoms with Gasteiger partial charge in [-0.2, -0.15) is 9.59 Å². The molecular formula is C20H24F2N2O3. The van der Waals surface area contributed by atoms with Crippen molar-refractivity contribution in [2.75, 3.05) is 11.1 Å². The van der Waals surface area contributed by atoms with Crippen LogP contribution >= 0.6 is 0 Å². The largest absolute Gasteiger partial charge is 0.398 e. The van der Waals surface area contributed by atoms with Crippen molar-refractivity contribution in [3.8, 4) is 0 Å². The Morgan fingerprint density at radius 2 is 1.56 bits per heavy atom. The van der Waals surface area contributed by atoms with E-state index in [-0.39, 0.29) is 29.6 Å². The minimum Gasteiger partial charge on any atom is -0.398 e. The van der Waals surface area contributed by atoms with Gasteiger partial charge in [-0.05, 0) is 55.7 Å². The van der Waals surface area contributed by atoms with Crippen molar-refractivity contribution in [3.05, 3.63) is 59.2 Å². The van der Waals surface area contributed by atoms with E-state index in [0.29, 0.717) is 11.4 Å². The molecule has 3 N–H and O–H groups in total. The first-order valence-electron chi connectivity index (χ1n) is 8.24. The number of nitrogens with two attached hydrogens (primary N) is 1. The Hall–Kier alpha value is -3.05. The van der Waals surface area contributed by atoms with Crippen LogP contribution in [0.15, 0.2) is 36.4 Å². The number of anilines is 2.